The third-order valence-corrected chi connectivity index (χ3v) is 8.22. The molecule has 3 heterocycles. The number of hydrogen-bond donors (Lipinski definition) is 4. The molecule has 0 spiro atoms. The molecule has 5 rings (SSSR count). The van der Waals surface area contributed by atoms with Gasteiger partial charge in [0.25, 0.3) is 0 Å². The van der Waals surface area contributed by atoms with E-state index in [0.29, 0.717) is 47.7 Å². The van der Waals surface area contributed by atoms with E-state index in [4.69, 9.17) is 4.74 Å². The molecule has 0 saturated carbocycles. The Hall–Kier alpha value is -4.55. The number of imidazole rings is 1. The molecular weight excluding hydrogens is 570 g/mol. The molecule has 45 heavy (non-hydrogen) atoms. The topological polar surface area (TPSA) is 138 Å². The molecule has 0 aliphatic carbocycles. The van der Waals surface area contributed by atoms with Crippen molar-refractivity contribution in [3.05, 3.63) is 61.4 Å². The zero-order chi connectivity index (χ0) is 32.1. The molecule has 2 amide bonds. The summed E-state index contributed by atoms with van der Waals surface area (Å²) in [6.45, 7) is 9.35. The van der Waals surface area contributed by atoms with Gasteiger partial charge in [-0.15, -0.1) is 0 Å². The number of anilines is 3. The zero-order valence-electron chi connectivity index (χ0n) is 26.8. The fourth-order valence-electron chi connectivity index (χ4n) is 5.56. The first-order valence-corrected chi connectivity index (χ1v) is 15.3. The molecule has 0 radical (unpaired) electrons. The molecule has 12 nitrogen and oxygen atoms in total. The van der Waals surface area contributed by atoms with Gasteiger partial charge in [0.1, 0.15) is 23.9 Å². The van der Waals surface area contributed by atoms with Crippen LogP contribution in [0.2, 0.25) is 0 Å². The van der Waals surface area contributed by atoms with E-state index >= 15 is 0 Å². The second kappa shape index (κ2) is 13.6. The number of amides is 2. The van der Waals surface area contributed by atoms with Crippen LogP contribution in [0.15, 0.2) is 61.4 Å². The van der Waals surface area contributed by atoms with E-state index in [9.17, 15) is 9.59 Å². The molecule has 1 saturated heterocycles. The van der Waals surface area contributed by atoms with Crippen molar-refractivity contribution in [2.45, 2.75) is 58.7 Å². The van der Waals surface area contributed by atoms with Gasteiger partial charge in [-0.3, -0.25) is 9.59 Å². The van der Waals surface area contributed by atoms with E-state index in [1.807, 2.05) is 68.9 Å². The summed E-state index contributed by atoms with van der Waals surface area (Å²) in [5, 5.41) is 13.8. The van der Waals surface area contributed by atoms with Crippen molar-refractivity contribution >= 4 is 39.9 Å². The van der Waals surface area contributed by atoms with Crippen LogP contribution < -0.4 is 26.0 Å². The Balaban J connectivity index is 1.37. The monoisotopic (exact) mass is 613 g/mol. The largest absolute Gasteiger partial charge is 0.494 e. The maximum absolute atomic E-state index is 13.9. The second-order valence-corrected chi connectivity index (χ2v) is 12.5. The Kier molecular flexibility index (Phi) is 9.64. The van der Waals surface area contributed by atoms with Gasteiger partial charge in [0.15, 0.2) is 0 Å². The summed E-state index contributed by atoms with van der Waals surface area (Å²) in [5.74, 6) is 0.738. The van der Waals surface area contributed by atoms with E-state index in [2.05, 4.69) is 43.1 Å². The van der Waals surface area contributed by atoms with Crippen LogP contribution in [0, 0.1) is 5.41 Å². The molecule has 0 bridgehead atoms. The van der Waals surface area contributed by atoms with Crippen molar-refractivity contribution in [1.82, 2.24) is 35.1 Å². The summed E-state index contributed by atoms with van der Waals surface area (Å²) in [7, 11) is 3.45. The van der Waals surface area contributed by atoms with Gasteiger partial charge in [0.05, 0.1) is 30.7 Å². The molecule has 1 fully saturated rings. The summed E-state index contributed by atoms with van der Waals surface area (Å²) in [6.07, 6.45) is 8.19. The Morgan fingerprint density at radius 1 is 1.13 bits per heavy atom. The van der Waals surface area contributed by atoms with E-state index in [0.717, 1.165) is 17.8 Å². The first kappa shape index (κ1) is 31.9. The maximum Gasteiger partial charge on any atom is 0.247 e. The molecule has 2 aromatic heterocycles. The molecular formula is C33H43N9O3. The van der Waals surface area contributed by atoms with E-state index in [1.54, 1.807) is 30.6 Å². The molecule has 238 valence electrons. The average molecular weight is 614 g/mol. The highest BCUT2D eigenvalue weighted by Gasteiger charge is 2.41. The van der Waals surface area contributed by atoms with Crippen LogP contribution in [-0.4, -0.2) is 81.6 Å². The zero-order valence-corrected chi connectivity index (χ0v) is 26.8. The minimum atomic E-state index is -0.593. The van der Waals surface area contributed by atoms with Crippen molar-refractivity contribution in [2.24, 2.45) is 5.41 Å². The van der Waals surface area contributed by atoms with Crippen LogP contribution in [0.25, 0.3) is 16.6 Å². The number of carbonyl (C=O) groups is 2. The van der Waals surface area contributed by atoms with Gasteiger partial charge in [-0.2, -0.15) is 0 Å². The predicted molar refractivity (Wildman–Crippen MR) is 176 cm³/mol. The minimum absolute atomic E-state index is 0.0622. The number of nitrogens with zero attached hydrogens (tertiary/aromatic N) is 5. The van der Waals surface area contributed by atoms with Gasteiger partial charge >= 0.3 is 0 Å². The summed E-state index contributed by atoms with van der Waals surface area (Å²) in [4.78, 5) is 42.4. The summed E-state index contributed by atoms with van der Waals surface area (Å²) < 4.78 is 7.57. The van der Waals surface area contributed by atoms with Gasteiger partial charge in [-0.05, 0) is 62.6 Å². The number of ether oxygens (including phenoxy) is 1. The quantitative estimate of drug-likeness (QED) is 0.197. The van der Waals surface area contributed by atoms with Crippen LogP contribution in [0.3, 0.4) is 0 Å². The third-order valence-electron chi connectivity index (χ3n) is 8.22. The first-order valence-electron chi connectivity index (χ1n) is 15.3. The highest BCUT2D eigenvalue weighted by molar-refractivity contribution is 6.02. The molecule has 2 aromatic carbocycles. The molecule has 3 atom stereocenters. The number of likely N-dealkylation sites (tertiary alicyclic amines) is 1. The van der Waals surface area contributed by atoms with Gasteiger partial charge in [0, 0.05) is 54.4 Å². The Morgan fingerprint density at radius 3 is 2.58 bits per heavy atom. The van der Waals surface area contributed by atoms with E-state index < -0.39 is 12.1 Å². The highest BCUT2D eigenvalue weighted by atomic mass is 16.5. The van der Waals surface area contributed by atoms with Crippen LogP contribution in [0.1, 0.15) is 40.5 Å². The third kappa shape index (κ3) is 7.23. The Morgan fingerprint density at radius 2 is 1.91 bits per heavy atom. The maximum atomic E-state index is 13.9. The lowest BCUT2D eigenvalue weighted by atomic mass is 9.85. The molecule has 1 aliphatic rings. The molecule has 1 aliphatic heterocycles. The summed E-state index contributed by atoms with van der Waals surface area (Å²) >= 11 is 0. The predicted octanol–water partition coefficient (Wildman–Crippen LogP) is 4.11. The van der Waals surface area contributed by atoms with Crippen LogP contribution in [0.4, 0.5) is 17.2 Å². The molecule has 4 aromatic rings. The van der Waals surface area contributed by atoms with Gasteiger partial charge in [0.2, 0.25) is 11.8 Å². The van der Waals surface area contributed by atoms with Crippen LogP contribution in [0.5, 0.6) is 5.75 Å². The average Bonchev–Trinajstić information content (AvgIpc) is 3.74. The molecule has 4 N–H and O–H groups in total. The smallest absolute Gasteiger partial charge is 0.247 e. The number of nitrogens with one attached hydrogen (secondary N) is 4. The van der Waals surface area contributed by atoms with Crippen molar-refractivity contribution < 1.29 is 14.3 Å². The fourth-order valence-corrected chi connectivity index (χ4v) is 5.56. The lowest BCUT2D eigenvalue weighted by Crippen LogP contribution is -2.57. The normalized spacial score (nSPS) is 16.4. The summed E-state index contributed by atoms with van der Waals surface area (Å²) in [5.41, 5.74) is 2.63. The number of benzene rings is 2. The van der Waals surface area contributed by atoms with E-state index in [1.165, 1.54) is 6.33 Å². The van der Waals surface area contributed by atoms with Crippen molar-refractivity contribution in [3.8, 4) is 11.4 Å². The van der Waals surface area contributed by atoms with Gasteiger partial charge in [-0.1, -0.05) is 20.8 Å². The fraction of sp³-hybridized carbons (Fsp3) is 0.424. The van der Waals surface area contributed by atoms with Crippen molar-refractivity contribution in [3.63, 3.8) is 0 Å². The van der Waals surface area contributed by atoms with Gasteiger partial charge < -0.3 is 35.5 Å². The van der Waals surface area contributed by atoms with Crippen LogP contribution in [-0.2, 0) is 9.59 Å². The Bertz CT molecular complexity index is 1620. The molecule has 0 unspecified atom stereocenters. The standard InChI is InChI=1S/C33H43N9O3/c1-21(34-5)18-36-29(33(2,3)4)32(44)42-14-7-8-27(42)31(43)40-26-16-24-25(17-28(26)45-6)37-19-38-30(24)39-22-9-11-23(12-10-22)41-15-13-35-20-41/h9-13,15-17,19-21,27,29,34,36H,7-8,14,18H2,1-6H3,(H,40,43)(H,37,38,39)/t21-,27-,29+/m0/s1. The number of aromatic nitrogens is 4. The van der Waals surface area contributed by atoms with E-state index in [-0.39, 0.29) is 23.3 Å². The highest BCUT2D eigenvalue weighted by Crippen LogP contribution is 2.34. The number of carbonyl (C=O) groups excluding carboxylic acids is 2. The number of methoxy groups -OCH3 is 1. The minimum Gasteiger partial charge on any atom is -0.494 e. The second-order valence-electron chi connectivity index (χ2n) is 12.5. The number of rotatable bonds is 11. The number of hydrogen-bond acceptors (Lipinski definition) is 9. The Labute approximate surface area is 264 Å². The van der Waals surface area contributed by atoms with Crippen LogP contribution >= 0.6 is 0 Å². The lowest BCUT2D eigenvalue weighted by molar-refractivity contribution is -0.140. The first-order chi connectivity index (χ1) is 21.6. The van der Waals surface area contributed by atoms with Gasteiger partial charge in [-0.25, -0.2) is 15.0 Å². The lowest BCUT2D eigenvalue weighted by Gasteiger charge is -2.36. The SMILES string of the molecule is CN[C@@H](C)CN[C@H](C(=O)N1CCC[C@H]1C(=O)Nc1cc2c(Nc3ccc(-n4ccnc4)cc3)ncnc2cc1OC)C(C)(C)C. The van der Waals surface area contributed by atoms with Crippen molar-refractivity contribution in [1.29, 1.82) is 0 Å². The number of likely N-dealkylation sites (N-methyl/N-ethyl adjacent to an activating group) is 1. The number of fused-ring (bicyclic) bond motifs is 1. The van der Waals surface area contributed by atoms with Crippen molar-refractivity contribution in [2.75, 3.05) is 37.9 Å². The molecule has 12 heteroatoms. The summed E-state index contributed by atoms with van der Waals surface area (Å²) in [6, 6.07) is 10.6.